The standard InChI is InChI=1S/C17H14BrNO5/c18-13-9-7-12(8-10-13)16(20)6-3-11-24-17(21)14-4-1-2-5-15(14)19(22)23/h1-2,4-5,7-10H,3,6,11H2. The molecule has 7 heteroatoms. The summed E-state index contributed by atoms with van der Waals surface area (Å²) in [5.41, 5.74) is 0.193. The first-order valence-corrected chi connectivity index (χ1v) is 7.97. The van der Waals surface area contributed by atoms with Gasteiger partial charge in [-0.25, -0.2) is 4.79 Å². The first-order valence-electron chi connectivity index (χ1n) is 7.18. The zero-order chi connectivity index (χ0) is 17.5. The van der Waals surface area contributed by atoms with Crippen molar-refractivity contribution in [2.45, 2.75) is 12.8 Å². The van der Waals surface area contributed by atoms with Gasteiger partial charge in [0.2, 0.25) is 0 Å². The minimum absolute atomic E-state index is 0.0210. The molecule has 0 heterocycles. The van der Waals surface area contributed by atoms with Crippen LogP contribution in [0.3, 0.4) is 0 Å². The summed E-state index contributed by atoms with van der Waals surface area (Å²) in [6.07, 6.45) is 0.576. The number of Topliss-reactive ketones (excluding diaryl/α,β-unsaturated/α-hetero) is 1. The molecule has 0 aliphatic heterocycles. The van der Waals surface area contributed by atoms with E-state index in [-0.39, 0.29) is 30.1 Å². The number of nitrogens with zero attached hydrogens (tertiary/aromatic N) is 1. The Labute approximate surface area is 146 Å². The SMILES string of the molecule is O=C(CCCOC(=O)c1ccccc1[N+](=O)[O-])c1ccc(Br)cc1. The van der Waals surface area contributed by atoms with Crippen LogP contribution in [-0.4, -0.2) is 23.3 Å². The van der Waals surface area contributed by atoms with E-state index in [1.54, 1.807) is 24.3 Å². The van der Waals surface area contributed by atoms with Gasteiger partial charge in [-0.15, -0.1) is 0 Å². The van der Waals surface area contributed by atoms with E-state index in [0.717, 1.165) is 4.47 Å². The van der Waals surface area contributed by atoms with Gasteiger partial charge < -0.3 is 4.74 Å². The number of carbonyl (C=O) groups is 2. The normalized spacial score (nSPS) is 10.2. The number of halogens is 1. The lowest BCUT2D eigenvalue weighted by Gasteiger charge is -2.05. The molecule has 0 amide bonds. The highest BCUT2D eigenvalue weighted by Crippen LogP contribution is 2.19. The average Bonchev–Trinajstić information content (AvgIpc) is 2.58. The van der Waals surface area contributed by atoms with Crippen LogP contribution in [0.4, 0.5) is 5.69 Å². The van der Waals surface area contributed by atoms with Crippen LogP contribution in [0.5, 0.6) is 0 Å². The second-order valence-corrected chi connectivity index (χ2v) is 5.86. The number of para-hydroxylation sites is 1. The molecule has 0 aliphatic carbocycles. The average molecular weight is 392 g/mol. The molecule has 0 fully saturated rings. The Bertz CT molecular complexity index is 758. The van der Waals surface area contributed by atoms with Crippen LogP contribution in [0.2, 0.25) is 0 Å². The summed E-state index contributed by atoms with van der Waals surface area (Å²) in [7, 11) is 0. The third-order valence-electron chi connectivity index (χ3n) is 3.27. The number of benzene rings is 2. The van der Waals surface area contributed by atoms with Crippen molar-refractivity contribution in [3.05, 3.63) is 74.2 Å². The van der Waals surface area contributed by atoms with E-state index in [9.17, 15) is 19.7 Å². The first-order chi connectivity index (χ1) is 11.5. The molecule has 0 radical (unpaired) electrons. The highest BCUT2D eigenvalue weighted by atomic mass is 79.9. The third-order valence-corrected chi connectivity index (χ3v) is 3.80. The Morgan fingerprint density at radius 2 is 1.75 bits per heavy atom. The predicted octanol–water partition coefficient (Wildman–Crippen LogP) is 4.18. The first kappa shape index (κ1) is 17.8. The molecule has 2 rings (SSSR count). The van der Waals surface area contributed by atoms with E-state index in [2.05, 4.69) is 15.9 Å². The van der Waals surface area contributed by atoms with Gasteiger partial charge in [0.15, 0.2) is 5.78 Å². The number of nitro benzene ring substituents is 1. The quantitative estimate of drug-likeness (QED) is 0.232. The van der Waals surface area contributed by atoms with Gasteiger partial charge in [-0.3, -0.25) is 14.9 Å². The zero-order valence-corrected chi connectivity index (χ0v) is 14.2. The maximum Gasteiger partial charge on any atom is 0.345 e. The monoisotopic (exact) mass is 391 g/mol. The van der Waals surface area contributed by atoms with Gasteiger partial charge in [-0.1, -0.05) is 40.2 Å². The molecule has 0 saturated heterocycles. The second kappa shape index (κ2) is 8.35. The van der Waals surface area contributed by atoms with Crippen molar-refractivity contribution >= 4 is 33.4 Å². The minimum atomic E-state index is -0.765. The van der Waals surface area contributed by atoms with E-state index < -0.39 is 10.9 Å². The fourth-order valence-corrected chi connectivity index (χ4v) is 2.33. The molecule has 0 aliphatic rings. The van der Waals surface area contributed by atoms with Crippen molar-refractivity contribution in [2.75, 3.05) is 6.61 Å². The molecule has 24 heavy (non-hydrogen) atoms. The number of carbonyl (C=O) groups excluding carboxylic acids is 2. The Kier molecular flexibility index (Phi) is 6.20. The number of hydrogen-bond donors (Lipinski definition) is 0. The van der Waals surface area contributed by atoms with Crippen molar-refractivity contribution in [3.63, 3.8) is 0 Å². The van der Waals surface area contributed by atoms with Gasteiger partial charge in [0, 0.05) is 22.5 Å². The summed E-state index contributed by atoms with van der Waals surface area (Å²) in [5.74, 6) is -0.817. The van der Waals surface area contributed by atoms with Crippen molar-refractivity contribution in [1.82, 2.24) is 0 Å². The molecule has 0 bridgehead atoms. The maximum atomic E-state index is 12.0. The van der Waals surface area contributed by atoms with Gasteiger partial charge in [-0.05, 0) is 24.6 Å². The summed E-state index contributed by atoms with van der Waals surface area (Å²) in [6.45, 7) is 0.0210. The molecule has 2 aromatic carbocycles. The summed E-state index contributed by atoms with van der Waals surface area (Å²) < 4.78 is 5.91. The van der Waals surface area contributed by atoms with Crippen LogP contribution >= 0.6 is 15.9 Å². The molecule has 2 aromatic rings. The molecule has 0 atom stereocenters. The van der Waals surface area contributed by atoms with E-state index in [1.165, 1.54) is 24.3 Å². The molecular weight excluding hydrogens is 378 g/mol. The number of nitro groups is 1. The Morgan fingerprint density at radius 1 is 1.08 bits per heavy atom. The van der Waals surface area contributed by atoms with E-state index in [4.69, 9.17) is 4.74 Å². The van der Waals surface area contributed by atoms with Gasteiger partial charge in [0.1, 0.15) is 5.56 Å². The van der Waals surface area contributed by atoms with E-state index in [0.29, 0.717) is 12.0 Å². The van der Waals surface area contributed by atoms with Gasteiger partial charge in [-0.2, -0.15) is 0 Å². The molecule has 0 aromatic heterocycles. The van der Waals surface area contributed by atoms with Crippen molar-refractivity contribution < 1.29 is 19.2 Å². The Hall–Kier alpha value is -2.54. The fraction of sp³-hybridized carbons (Fsp3) is 0.176. The lowest BCUT2D eigenvalue weighted by Crippen LogP contribution is -2.10. The molecule has 0 N–H and O–H groups in total. The summed E-state index contributed by atoms with van der Waals surface area (Å²) >= 11 is 3.30. The van der Waals surface area contributed by atoms with Crippen molar-refractivity contribution in [2.24, 2.45) is 0 Å². The number of ether oxygens (including phenoxy) is 1. The predicted molar refractivity (Wildman–Crippen MR) is 91.1 cm³/mol. The topological polar surface area (TPSA) is 86.5 Å². The van der Waals surface area contributed by atoms with E-state index in [1.807, 2.05) is 0 Å². The Balaban J connectivity index is 1.84. The van der Waals surface area contributed by atoms with Crippen LogP contribution < -0.4 is 0 Å². The van der Waals surface area contributed by atoms with Crippen molar-refractivity contribution in [1.29, 1.82) is 0 Å². The summed E-state index contributed by atoms with van der Waals surface area (Å²) in [5, 5.41) is 10.9. The maximum absolute atomic E-state index is 12.0. The number of ketones is 1. The van der Waals surface area contributed by atoms with Crippen LogP contribution in [0.25, 0.3) is 0 Å². The number of rotatable bonds is 7. The van der Waals surface area contributed by atoms with Gasteiger partial charge in [0.25, 0.3) is 5.69 Å². The fourth-order valence-electron chi connectivity index (χ4n) is 2.06. The molecule has 0 spiro atoms. The third kappa shape index (κ3) is 4.73. The molecular formula is C17H14BrNO5. The highest BCUT2D eigenvalue weighted by molar-refractivity contribution is 9.10. The summed E-state index contributed by atoms with van der Waals surface area (Å²) in [4.78, 5) is 34.1. The van der Waals surface area contributed by atoms with E-state index >= 15 is 0 Å². The number of hydrogen-bond acceptors (Lipinski definition) is 5. The van der Waals surface area contributed by atoms with Crippen LogP contribution in [0.1, 0.15) is 33.6 Å². The minimum Gasteiger partial charge on any atom is -0.462 e. The van der Waals surface area contributed by atoms with Crippen LogP contribution in [-0.2, 0) is 4.74 Å². The molecule has 0 unspecified atom stereocenters. The zero-order valence-electron chi connectivity index (χ0n) is 12.6. The van der Waals surface area contributed by atoms with Gasteiger partial charge >= 0.3 is 5.97 Å². The van der Waals surface area contributed by atoms with Crippen LogP contribution in [0.15, 0.2) is 53.0 Å². The van der Waals surface area contributed by atoms with Crippen LogP contribution in [0, 0.1) is 10.1 Å². The molecule has 6 nitrogen and oxygen atoms in total. The summed E-state index contributed by atoms with van der Waals surface area (Å²) in [6, 6.07) is 12.6. The molecule has 124 valence electrons. The second-order valence-electron chi connectivity index (χ2n) is 4.94. The highest BCUT2D eigenvalue weighted by Gasteiger charge is 2.20. The Morgan fingerprint density at radius 3 is 2.42 bits per heavy atom. The molecule has 0 saturated carbocycles. The lowest BCUT2D eigenvalue weighted by molar-refractivity contribution is -0.385. The van der Waals surface area contributed by atoms with Gasteiger partial charge in [0.05, 0.1) is 11.5 Å². The lowest BCUT2D eigenvalue weighted by atomic mass is 10.1. The smallest absolute Gasteiger partial charge is 0.345 e. The van der Waals surface area contributed by atoms with Crippen molar-refractivity contribution in [3.8, 4) is 0 Å². The number of esters is 1. The largest absolute Gasteiger partial charge is 0.462 e.